The summed E-state index contributed by atoms with van der Waals surface area (Å²) in [4.78, 5) is 0. The number of hydrogen-bond acceptors (Lipinski definition) is 0. The van der Waals surface area contributed by atoms with Gasteiger partial charge in [0.15, 0.2) is 0 Å². The minimum Gasteiger partial charge on any atom is -1.00 e. The molecule has 0 bridgehead atoms. The Hall–Kier alpha value is 0.333. The number of allylic oxidation sites excluding steroid dienone is 5. The van der Waals surface area contributed by atoms with E-state index in [0.717, 1.165) is 19.1 Å². The van der Waals surface area contributed by atoms with Crippen LogP contribution in [0.1, 0.15) is 27.6 Å². The fourth-order valence-corrected chi connectivity index (χ4v) is 12.6. The fraction of sp³-hybridized carbons (Fsp3) is 0.400. The van der Waals surface area contributed by atoms with E-state index >= 15 is 0 Å². The maximum atomic E-state index is 2.54. The van der Waals surface area contributed by atoms with Crippen molar-refractivity contribution in [1.82, 2.24) is 0 Å². The second-order valence-corrected chi connectivity index (χ2v) is 13.3. The smallest absolute Gasteiger partial charge is 1.00 e. The van der Waals surface area contributed by atoms with Gasteiger partial charge in [0.2, 0.25) is 0 Å². The Morgan fingerprint density at radius 3 is 2.54 bits per heavy atom. The summed E-state index contributed by atoms with van der Waals surface area (Å²) < 4.78 is 1.88. The molecule has 126 valence electrons. The zero-order valence-electron chi connectivity index (χ0n) is 14.1. The molecule has 3 aliphatic carbocycles. The molecule has 0 aliphatic heterocycles. The summed E-state index contributed by atoms with van der Waals surface area (Å²) in [6, 6.07) is 9.19. The Balaban J connectivity index is 0.00000104. The second kappa shape index (κ2) is 8.82. The molecule has 1 fully saturated rings. The average Bonchev–Trinajstić information content (AvgIpc) is 3.10. The van der Waals surface area contributed by atoms with Crippen LogP contribution in [0.25, 0.3) is 6.08 Å². The van der Waals surface area contributed by atoms with E-state index in [2.05, 4.69) is 68.0 Å². The van der Waals surface area contributed by atoms with Gasteiger partial charge in [0.1, 0.15) is 0 Å². The summed E-state index contributed by atoms with van der Waals surface area (Å²) in [5, 5.41) is 1.79. The summed E-state index contributed by atoms with van der Waals surface area (Å²) in [7, 11) is 0.0449. The van der Waals surface area contributed by atoms with Crippen molar-refractivity contribution in [1.29, 1.82) is 0 Å². The Labute approximate surface area is 171 Å². The fourth-order valence-electron chi connectivity index (χ4n) is 4.23. The summed E-state index contributed by atoms with van der Waals surface area (Å²) >= 11 is -0.471. The third kappa shape index (κ3) is 3.86. The van der Waals surface area contributed by atoms with Crippen LogP contribution in [0.15, 0.2) is 53.9 Å². The molecule has 0 aromatic heterocycles. The number of benzene rings is 1. The van der Waals surface area contributed by atoms with Crippen molar-refractivity contribution in [3.8, 4) is 0 Å². The second-order valence-electron chi connectivity index (χ2n) is 6.89. The van der Waals surface area contributed by atoms with Crippen LogP contribution in [0.5, 0.6) is 0 Å². The van der Waals surface area contributed by atoms with E-state index in [9.17, 15) is 0 Å². The van der Waals surface area contributed by atoms with Crippen LogP contribution in [0.3, 0.4) is 0 Å². The van der Waals surface area contributed by atoms with E-state index < -0.39 is 23.2 Å². The van der Waals surface area contributed by atoms with Gasteiger partial charge in [0, 0.05) is 0 Å². The van der Waals surface area contributed by atoms with E-state index in [1.807, 2.05) is 0 Å². The van der Waals surface area contributed by atoms with Crippen LogP contribution in [0, 0.1) is 11.8 Å². The summed E-state index contributed by atoms with van der Waals surface area (Å²) in [5.41, 5.74) is 3.19. The van der Waals surface area contributed by atoms with Crippen LogP contribution in [0.2, 0.25) is 3.63 Å². The van der Waals surface area contributed by atoms with E-state index in [1.165, 1.54) is 18.4 Å². The largest absolute Gasteiger partial charge is 1.00 e. The van der Waals surface area contributed by atoms with Crippen molar-refractivity contribution in [2.75, 3.05) is 13.3 Å². The number of fused-ring (bicyclic) bond motifs is 2. The molecule has 0 heterocycles. The molecule has 24 heavy (non-hydrogen) atoms. The minimum atomic E-state index is -0.471. The van der Waals surface area contributed by atoms with Gasteiger partial charge in [-0.1, -0.05) is 0 Å². The van der Waals surface area contributed by atoms with Crippen molar-refractivity contribution in [2.24, 2.45) is 11.8 Å². The summed E-state index contributed by atoms with van der Waals surface area (Å²) in [6.45, 7) is 4.89. The Morgan fingerprint density at radius 1 is 1.00 bits per heavy atom. The molecule has 0 spiro atoms. The van der Waals surface area contributed by atoms with Crippen molar-refractivity contribution >= 4 is 14.0 Å². The van der Waals surface area contributed by atoms with Gasteiger partial charge in [-0.3, -0.25) is 0 Å². The van der Waals surface area contributed by atoms with Crippen LogP contribution in [-0.2, 0) is 23.2 Å². The Kier molecular flexibility index (Phi) is 7.58. The van der Waals surface area contributed by atoms with Crippen LogP contribution < -0.4 is 24.8 Å². The molecule has 0 amide bonds. The van der Waals surface area contributed by atoms with Crippen LogP contribution in [-0.4, -0.2) is 13.3 Å². The standard InChI is InChI=1S/C11H12P.C9H11.2ClH.Zr/c1-12(2)11-7-9-5-3-4-6-10(9)8-11;1-2-5-9-7-3-6-8(9)4-1;;;/h3-8H,1-2H3;1-2,4-6,8-9H,3,7H2;2*1H;/q;;;;+2/p-2. The summed E-state index contributed by atoms with van der Waals surface area (Å²) in [5.74, 6) is 1.72. The zero-order chi connectivity index (χ0) is 15.1. The maximum absolute atomic E-state index is 2.54. The van der Waals surface area contributed by atoms with Gasteiger partial charge in [-0.25, -0.2) is 0 Å². The molecular weight excluding hydrogens is 433 g/mol. The van der Waals surface area contributed by atoms with Gasteiger partial charge >= 0.3 is 148 Å². The Bertz CT molecular complexity index is 665. The minimum absolute atomic E-state index is 0. The molecule has 4 unspecified atom stereocenters. The Morgan fingerprint density at radius 2 is 1.75 bits per heavy atom. The predicted octanol–water partition coefficient (Wildman–Crippen LogP) is -0.145. The maximum Gasteiger partial charge on any atom is -1.00 e. The van der Waals surface area contributed by atoms with Gasteiger partial charge in [0.25, 0.3) is 0 Å². The van der Waals surface area contributed by atoms with E-state index in [1.54, 1.807) is 10.9 Å². The predicted molar refractivity (Wildman–Crippen MR) is 94.2 cm³/mol. The van der Waals surface area contributed by atoms with Gasteiger partial charge < -0.3 is 24.8 Å². The van der Waals surface area contributed by atoms with Gasteiger partial charge in [-0.05, 0) is 0 Å². The number of hydrogen-bond donors (Lipinski definition) is 0. The molecule has 0 saturated heterocycles. The topological polar surface area (TPSA) is 0 Å². The average molecular weight is 457 g/mol. The monoisotopic (exact) mass is 454 g/mol. The molecule has 1 saturated carbocycles. The first-order chi connectivity index (χ1) is 10.7. The molecule has 0 nitrogen and oxygen atoms in total. The SMILES string of the molecule is CP(C)C1=Cc2ccccc2[CH]1[Zr+2][CH]1CCC2C=CC=CC21.[Cl-].[Cl-]. The van der Waals surface area contributed by atoms with Crippen LogP contribution in [0.4, 0.5) is 0 Å². The quantitative estimate of drug-likeness (QED) is 0.556. The molecule has 4 rings (SSSR count). The molecule has 1 aromatic rings. The van der Waals surface area contributed by atoms with Gasteiger partial charge in [-0.15, -0.1) is 0 Å². The van der Waals surface area contributed by atoms with Crippen LogP contribution >= 0.6 is 7.92 Å². The van der Waals surface area contributed by atoms with Crippen molar-refractivity contribution in [2.45, 2.75) is 20.1 Å². The first kappa shape index (κ1) is 20.6. The molecule has 0 radical (unpaired) electrons. The number of rotatable bonds is 3. The van der Waals surface area contributed by atoms with Crippen molar-refractivity contribution in [3.63, 3.8) is 0 Å². The first-order valence-electron chi connectivity index (χ1n) is 8.33. The van der Waals surface area contributed by atoms with E-state index in [4.69, 9.17) is 0 Å². The van der Waals surface area contributed by atoms with Crippen molar-refractivity contribution < 1.29 is 48.0 Å². The molecule has 1 aromatic carbocycles. The first-order valence-corrected chi connectivity index (χ1v) is 13.4. The zero-order valence-corrected chi connectivity index (χ0v) is 19.0. The molecule has 4 atom stereocenters. The van der Waals surface area contributed by atoms with E-state index in [-0.39, 0.29) is 32.7 Å². The molecule has 0 N–H and O–H groups in total. The third-order valence-electron chi connectivity index (χ3n) is 5.38. The third-order valence-corrected chi connectivity index (χ3v) is 12.4. The molecule has 4 heteroatoms. The molecule has 3 aliphatic rings. The number of halogens is 2. The normalized spacial score (nSPS) is 29.2. The summed E-state index contributed by atoms with van der Waals surface area (Å²) in [6.07, 6.45) is 15.0. The van der Waals surface area contributed by atoms with Gasteiger partial charge in [0.05, 0.1) is 0 Å². The van der Waals surface area contributed by atoms with Gasteiger partial charge in [-0.2, -0.15) is 0 Å². The van der Waals surface area contributed by atoms with Crippen molar-refractivity contribution in [3.05, 3.63) is 65.0 Å². The molecular formula is C20H23Cl2PZr. The van der Waals surface area contributed by atoms with E-state index in [0.29, 0.717) is 0 Å².